The molecule has 0 bridgehead atoms. The first-order valence-electron chi connectivity index (χ1n) is 8.49. The van der Waals surface area contributed by atoms with Crippen LogP contribution in [0.1, 0.15) is 18.4 Å². The van der Waals surface area contributed by atoms with Crippen molar-refractivity contribution >= 4 is 5.52 Å². The van der Waals surface area contributed by atoms with Gasteiger partial charge in [0, 0.05) is 18.8 Å². The van der Waals surface area contributed by atoms with Crippen molar-refractivity contribution in [1.82, 2.24) is 25.2 Å². The van der Waals surface area contributed by atoms with E-state index >= 15 is 0 Å². The number of halogens is 1. The van der Waals surface area contributed by atoms with E-state index in [0.717, 1.165) is 37.0 Å². The van der Waals surface area contributed by atoms with Crippen molar-refractivity contribution in [2.24, 2.45) is 0 Å². The molecule has 4 rings (SSSR count). The highest BCUT2D eigenvalue weighted by atomic mass is 19.1. The van der Waals surface area contributed by atoms with E-state index < -0.39 is 5.82 Å². The first-order chi connectivity index (χ1) is 12.3. The van der Waals surface area contributed by atoms with Crippen LogP contribution in [0.15, 0.2) is 42.9 Å². The molecule has 1 aromatic carbocycles. The first kappa shape index (κ1) is 16.0. The zero-order valence-corrected chi connectivity index (χ0v) is 13.8. The summed E-state index contributed by atoms with van der Waals surface area (Å²) in [7, 11) is 0. The summed E-state index contributed by atoms with van der Waals surface area (Å²) in [5.41, 5.74) is 1.79. The number of ether oxygens (including phenoxy) is 1. The molecule has 3 aromatic rings. The van der Waals surface area contributed by atoms with Crippen LogP contribution in [0.5, 0.6) is 11.6 Å². The molecule has 0 saturated carbocycles. The van der Waals surface area contributed by atoms with Crippen molar-refractivity contribution in [1.29, 1.82) is 0 Å². The topological polar surface area (TPSA) is 63.5 Å². The lowest BCUT2D eigenvalue weighted by atomic mass is 10.1. The van der Waals surface area contributed by atoms with Crippen molar-refractivity contribution in [2.75, 3.05) is 13.1 Å². The third-order valence-electron chi connectivity index (χ3n) is 4.47. The number of benzene rings is 1. The zero-order valence-electron chi connectivity index (χ0n) is 13.8. The molecule has 1 aliphatic heterocycles. The van der Waals surface area contributed by atoms with Crippen LogP contribution in [0, 0.1) is 5.82 Å². The molecular weight excluding hydrogens is 321 g/mol. The molecule has 0 spiro atoms. The minimum Gasteiger partial charge on any atom is -0.434 e. The normalized spacial score (nSPS) is 15.6. The predicted molar refractivity (Wildman–Crippen MR) is 92.2 cm³/mol. The molecular formula is C18H20FN5O. The van der Waals surface area contributed by atoms with Gasteiger partial charge in [0.25, 0.3) is 0 Å². The largest absolute Gasteiger partial charge is 0.434 e. The second-order valence-electron chi connectivity index (χ2n) is 6.14. The smallest absolute Gasteiger partial charge is 0.247 e. The maximum Gasteiger partial charge on any atom is 0.247 e. The molecule has 1 saturated heterocycles. The highest BCUT2D eigenvalue weighted by Crippen LogP contribution is 2.28. The second-order valence-corrected chi connectivity index (χ2v) is 6.14. The Morgan fingerprint density at radius 2 is 2.08 bits per heavy atom. The quantitative estimate of drug-likeness (QED) is 0.747. The number of para-hydroxylation sites is 1. The molecule has 1 fully saturated rings. The Kier molecular flexibility index (Phi) is 4.58. The van der Waals surface area contributed by atoms with E-state index in [9.17, 15) is 4.39 Å². The number of rotatable bonds is 5. The number of hydrogen-bond donors (Lipinski definition) is 2. The molecule has 1 aliphatic rings. The summed E-state index contributed by atoms with van der Waals surface area (Å²) in [5, 5.41) is 11.2. The molecule has 0 amide bonds. The standard InChI is InChI=1S/C18H20FN5O/c19-15-3-1-2-4-16(15)25-18-17-13(7-10-24(17)23-12-22-18)11-21-14-5-8-20-9-6-14/h1-4,7,10,12,14,20-21H,5-6,8-9,11H2. The van der Waals surface area contributed by atoms with Gasteiger partial charge in [0.15, 0.2) is 11.6 Å². The van der Waals surface area contributed by atoms with Gasteiger partial charge in [0.05, 0.1) is 0 Å². The summed E-state index contributed by atoms with van der Waals surface area (Å²) in [6.07, 6.45) is 5.50. The third kappa shape index (κ3) is 3.47. The third-order valence-corrected chi connectivity index (χ3v) is 4.47. The Morgan fingerprint density at radius 3 is 2.92 bits per heavy atom. The van der Waals surface area contributed by atoms with Crippen molar-refractivity contribution in [2.45, 2.75) is 25.4 Å². The van der Waals surface area contributed by atoms with Gasteiger partial charge in [-0.3, -0.25) is 0 Å². The van der Waals surface area contributed by atoms with Crippen molar-refractivity contribution < 1.29 is 9.13 Å². The van der Waals surface area contributed by atoms with Gasteiger partial charge < -0.3 is 15.4 Å². The van der Waals surface area contributed by atoms with E-state index in [4.69, 9.17) is 4.74 Å². The van der Waals surface area contributed by atoms with Gasteiger partial charge in [0.1, 0.15) is 11.8 Å². The number of nitrogens with one attached hydrogen (secondary N) is 2. The number of fused-ring (bicyclic) bond motifs is 1. The lowest BCUT2D eigenvalue weighted by Gasteiger charge is -2.23. The van der Waals surface area contributed by atoms with E-state index in [1.807, 2.05) is 12.3 Å². The van der Waals surface area contributed by atoms with Crippen LogP contribution < -0.4 is 15.4 Å². The predicted octanol–water partition coefficient (Wildman–Crippen LogP) is 2.50. The van der Waals surface area contributed by atoms with Gasteiger partial charge >= 0.3 is 0 Å². The van der Waals surface area contributed by atoms with Crippen LogP contribution in [0.3, 0.4) is 0 Å². The SMILES string of the molecule is Fc1ccccc1Oc1ncnn2ccc(CNC3CCNCC3)c12. The summed E-state index contributed by atoms with van der Waals surface area (Å²) in [4.78, 5) is 4.21. The van der Waals surface area contributed by atoms with E-state index in [-0.39, 0.29) is 5.75 Å². The Bertz CT molecular complexity index is 860. The molecule has 0 radical (unpaired) electrons. The highest BCUT2D eigenvalue weighted by Gasteiger charge is 2.16. The Hall–Kier alpha value is -2.51. The lowest BCUT2D eigenvalue weighted by Crippen LogP contribution is -2.39. The van der Waals surface area contributed by atoms with Crippen molar-refractivity contribution in [3.8, 4) is 11.6 Å². The van der Waals surface area contributed by atoms with E-state index in [1.165, 1.54) is 12.4 Å². The van der Waals surface area contributed by atoms with Gasteiger partial charge in [-0.25, -0.2) is 8.91 Å². The maximum atomic E-state index is 13.9. The number of nitrogens with zero attached hydrogens (tertiary/aromatic N) is 3. The van der Waals surface area contributed by atoms with E-state index in [1.54, 1.807) is 22.7 Å². The van der Waals surface area contributed by atoms with Crippen molar-refractivity contribution in [3.63, 3.8) is 0 Å². The Balaban J connectivity index is 1.59. The summed E-state index contributed by atoms with van der Waals surface area (Å²) >= 11 is 0. The average molecular weight is 341 g/mol. The number of hydrogen-bond acceptors (Lipinski definition) is 5. The molecule has 2 aromatic heterocycles. The molecule has 130 valence electrons. The molecule has 0 aliphatic carbocycles. The monoisotopic (exact) mass is 341 g/mol. The highest BCUT2D eigenvalue weighted by molar-refractivity contribution is 5.63. The first-order valence-corrected chi connectivity index (χ1v) is 8.49. The average Bonchev–Trinajstić information content (AvgIpc) is 3.07. The zero-order chi connectivity index (χ0) is 17.1. The Morgan fingerprint density at radius 1 is 1.24 bits per heavy atom. The van der Waals surface area contributed by atoms with Gasteiger partial charge in [-0.05, 0) is 49.7 Å². The molecule has 0 atom stereocenters. The minimum atomic E-state index is -0.416. The van der Waals surface area contributed by atoms with Gasteiger partial charge in [-0.15, -0.1) is 0 Å². The fraction of sp³-hybridized carbons (Fsp3) is 0.333. The van der Waals surface area contributed by atoms with Gasteiger partial charge in [-0.2, -0.15) is 10.1 Å². The van der Waals surface area contributed by atoms with E-state index in [2.05, 4.69) is 20.7 Å². The van der Waals surface area contributed by atoms with Gasteiger partial charge in [-0.1, -0.05) is 12.1 Å². The molecule has 6 nitrogen and oxygen atoms in total. The van der Waals surface area contributed by atoms with Crippen LogP contribution in [-0.2, 0) is 6.54 Å². The second kappa shape index (κ2) is 7.16. The van der Waals surface area contributed by atoms with E-state index in [0.29, 0.717) is 18.5 Å². The summed E-state index contributed by atoms with van der Waals surface area (Å²) in [6, 6.07) is 8.80. The van der Waals surface area contributed by atoms with Crippen LogP contribution >= 0.6 is 0 Å². The fourth-order valence-corrected chi connectivity index (χ4v) is 3.12. The lowest BCUT2D eigenvalue weighted by molar-refractivity contribution is 0.386. The molecule has 0 unspecified atom stereocenters. The number of aromatic nitrogens is 3. The molecule has 3 heterocycles. The van der Waals surface area contributed by atoms with Crippen LogP contribution in [0.4, 0.5) is 4.39 Å². The summed E-state index contributed by atoms with van der Waals surface area (Å²) in [5.74, 6) is 0.0916. The summed E-state index contributed by atoms with van der Waals surface area (Å²) in [6.45, 7) is 2.78. The van der Waals surface area contributed by atoms with Crippen LogP contribution in [0.2, 0.25) is 0 Å². The summed E-state index contributed by atoms with van der Waals surface area (Å²) < 4.78 is 21.3. The minimum absolute atomic E-state index is 0.154. The van der Waals surface area contributed by atoms with Crippen LogP contribution in [-0.4, -0.2) is 33.7 Å². The molecule has 7 heteroatoms. The molecule has 25 heavy (non-hydrogen) atoms. The fourth-order valence-electron chi connectivity index (χ4n) is 3.12. The maximum absolute atomic E-state index is 13.9. The van der Waals surface area contributed by atoms with Crippen molar-refractivity contribution in [3.05, 3.63) is 54.2 Å². The molecule has 2 N–H and O–H groups in total. The number of piperidine rings is 1. The van der Waals surface area contributed by atoms with Gasteiger partial charge in [0.2, 0.25) is 5.88 Å². The Labute approximate surface area is 145 Å². The van der Waals surface area contributed by atoms with Crippen LogP contribution in [0.25, 0.3) is 5.52 Å².